The predicted molar refractivity (Wildman–Crippen MR) is 137 cm³/mol. The summed E-state index contributed by atoms with van der Waals surface area (Å²) in [7, 11) is 3.42. The van der Waals surface area contributed by atoms with Gasteiger partial charge in [-0.05, 0) is 70.1 Å². The van der Waals surface area contributed by atoms with Gasteiger partial charge in [-0.2, -0.15) is 0 Å². The molecule has 0 N–H and O–H groups in total. The minimum absolute atomic E-state index is 0.908. The number of aryl methyl sites for hydroxylation is 2. The summed E-state index contributed by atoms with van der Waals surface area (Å²) >= 11 is 0. The maximum Gasteiger partial charge on any atom is 0.122 e. The Kier molecular flexibility index (Phi) is 6.42. The molecule has 0 amide bonds. The topological polar surface area (TPSA) is 18.5 Å². The molecule has 0 aliphatic rings. The summed E-state index contributed by atoms with van der Waals surface area (Å²) in [5, 5.41) is 2.46. The minimum Gasteiger partial charge on any atom is -0.496 e. The van der Waals surface area contributed by atoms with E-state index in [-0.39, 0.29) is 0 Å². The summed E-state index contributed by atoms with van der Waals surface area (Å²) in [6.45, 7) is 4.11. The van der Waals surface area contributed by atoms with Crippen LogP contribution < -0.4 is 9.47 Å². The molecule has 0 unspecified atom stereocenters. The highest BCUT2D eigenvalue weighted by Gasteiger charge is 2.04. The van der Waals surface area contributed by atoms with Crippen molar-refractivity contribution in [1.82, 2.24) is 0 Å². The third kappa shape index (κ3) is 4.60. The lowest BCUT2D eigenvalue weighted by atomic mass is 9.98. The SMILES string of the molecule is COc1cc(C=Cc2ccc(C=Cc3ccc(C)c(OC)c3)c3ccccc23)ccc1C. The van der Waals surface area contributed by atoms with Crippen LogP contribution in [0.15, 0.2) is 72.8 Å². The number of benzene rings is 4. The third-order valence-corrected chi connectivity index (χ3v) is 5.77. The van der Waals surface area contributed by atoms with Gasteiger partial charge in [0, 0.05) is 0 Å². The van der Waals surface area contributed by atoms with Crippen molar-refractivity contribution < 1.29 is 9.47 Å². The molecule has 0 spiro atoms. The van der Waals surface area contributed by atoms with E-state index in [1.54, 1.807) is 14.2 Å². The molecule has 0 radical (unpaired) electrons. The van der Waals surface area contributed by atoms with E-state index >= 15 is 0 Å². The first-order chi connectivity index (χ1) is 15.6. The summed E-state index contributed by atoms with van der Waals surface area (Å²) in [5.74, 6) is 1.82. The predicted octanol–water partition coefficient (Wildman–Crippen LogP) is 7.81. The zero-order valence-electron chi connectivity index (χ0n) is 19.1. The summed E-state index contributed by atoms with van der Waals surface area (Å²) in [5.41, 5.74) is 6.89. The Morgan fingerprint density at radius 1 is 0.531 bits per heavy atom. The van der Waals surface area contributed by atoms with Gasteiger partial charge in [-0.3, -0.25) is 0 Å². The maximum absolute atomic E-state index is 5.46. The van der Waals surface area contributed by atoms with E-state index in [1.807, 2.05) is 0 Å². The molecule has 0 aromatic heterocycles. The van der Waals surface area contributed by atoms with Crippen molar-refractivity contribution >= 4 is 35.1 Å². The number of methoxy groups -OCH3 is 2. The second-order valence-corrected chi connectivity index (χ2v) is 7.91. The number of hydrogen-bond donors (Lipinski definition) is 0. The normalized spacial score (nSPS) is 11.5. The Hall–Kier alpha value is -3.78. The Morgan fingerprint density at radius 3 is 1.38 bits per heavy atom. The highest BCUT2D eigenvalue weighted by Crippen LogP contribution is 2.28. The van der Waals surface area contributed by atoms with E-state index in [2.05, 4.69) is 111 Å². The van der Waals surface area contributed by atoms with E-state index in [1.165, 1.54) is 21.9 Å². The van der Waals surface area contributed by atoms with E-state index in [9.17, 15) is 0 Å². The standard InChI is InChI=1S/C30H28O2/c1-21-9-11-23(19-29(21)31-3)13-15-25-17-18-26(28-8-6-5-7-27(25)28)16-14-24-12-10-22(2)30(20-24)32-4/h5-20H,1-4H3. The van der Waals surface area contributed by atoms with Gasteiger partial charge in [-0.15, -0.1) is 0 Å². The first-order valence-corrected chi connectivity index (χ1v) is 10.8. The molecule has 4 rings (SSSR count). The van der Waals surface area contributed by atoms with Crippen molar-refractivity contribution in [3.05, 3.63) is 106 Å². The Morgan fingerprint density at radius 2 is 0.969 bits per heavy atom. The van der Waals surface area contributed by atoms with Crippen molar-refractivity contribution in [2.45, 2.75) is 13.8 Å². The van der Waals surface area contributed by atoms with E-state index in [4.69, 9.17) is 9.47 Å². The largest absolute Gasteiger partial charge is 0.496 e. The molecule has 0 saturated carbocycles. The fourth-order valence-electron chi connectivity index (χ4n) is 3.89. The van der Waals surface area contributed by atoms with Crippen molar-refractivity contribution in [3.63, 3.8) is 0 Å². The zero-order valence-corrected chi connectivity index (χ0v) is 19.1. The second-order valence-electron chi connectivity index (χ2n) is 7.91. The van der Waals surface area contributed by atoms with Gasteiger partial charge in [0.05, 0.1) is 14.2 Å². The number of rotatable bonds is 6. The van der Waals surface area contributed by atoms with Gasteiger partial charge in [0.2, 0.25) is 0 Å². The quantitative estimate of drug-likeness (QED) is 0.296. The molecule has 0 atom stereocenters. The molecule has 0 aliphatic heterocycles. The van der Waals surface area contributed by atoms with Gasteiger partial charge in [0.15, 0.2) is 0 Å². The Balaban J connectivity index is 1.67. The smallest absolute Gasteiger partial charge is 0.122 e. The van der Waals surface area contributed by atoms with Crippen molar-refractivity contribution in [2.24, 2.45) is 0 Å². The van der Waals surface area contributed by atoms with Crippen LogP contribution in [0.25, 0.3) is 35.1 Å². The molecule has 4 aromatic rings. The fraction of sp³-hybridized carbons (Fsp3) is 0.133. The minimum atomic E-state index is 0.908. The van der Waals surface area contributed by atoms with Crippen LogP contribution in [-0.2, 0) is 0 Å². The Bertz CT molecular complexity index is 1210. The Labute approximate surface area is 190 Å². The van der Waals surface area contributed by atoms with Crippen LogP contribution in [0.4, 0.5) is 0 Å². The second kappa shape index (κ2) is 9.57. The molecule has 2 nitrogen and oxygen atoms in total. The number of fused-ring (bicyclic) bond motifs is 1. The van der Waals surface area contributed by atoms with Gasteiger partial charge in [-0.1, -0.05) is 85.0 Å². The van der Waals surface area contributed by atoms with Crippen LogP contribution in [0.3, 0.4) is 0 Å². The molecule has 0 heterocycles. The molecule has 2 heteroatoms. The van der Waals surface area contributed by atoms with Crippen LogP contribution in [-0.4, -0.2) is 14.2 Å². The van der Waals surface area contributed by atoms with Crippen LogP contribution in [0.1, 0.15) is 33.4 Å². The van der Waals surface area contributed by atoms with Gasteiger partial charge in [0.25, 0.3) is 0 Å². The molecular weight excluding hydrogens is 392 g/mol. The lowest BCUT2D eigenvalue weighted by molar-refractivity contribution is 0.411. The van der Waals surface area contributed by atoms with E-state index < -0.39 is 0 Å². The monoisotopic (exact) mass is 420 g/mol. The molecule has 0 saturated heterocycles. The molecule has 0 bridgehead atoms. The first-order valence-electron chi connectivity index (χ1n) is 10.8. The van der Waals surface area contributed by atoms with Crippen LogP contribution in [0, 0.1) is 13.8 Å². The van der Waals surface area contributed by atoms with Crippen molar-refractivity contribution in [1.29, 1.82) is 0 Å². The summed E-state index contributed by atoms with van der Waals surface area (Å²) in [4.78, 5) is 0. The van der Waals surface area contributed by atoms with Gasteiger partial charge in [0.1, 0.15) is 11.5 Å². The summed E-state index contributed by atoms with van der Waals surface area (Å²) in [6.07, 6.45) is 8.62. The molecular formula is C30H28O2. The average molecular weight is 421 g/mol. The van der Waals surface area contributed by atoms with Crippen LogP contribution in [0.2, 0.25) is 0 Å². The van der Waals surface area contributed by atoms with E-state index in [0.29, 0.717) is 0 Å². The highest BCUT2D eigenvalue weighted by atomic mass is 16.5. The van der Waals surface area contributed by atoms with Crippen LogP contribution in [0.5, 0.6) is 11.5 Å². The average Bonchev–Trinajstić information content (AvgIpc) is 2.83. The lowest BCUT2D eigenvalue weighted by Crippen LogP contribution is -1.87. The van der Waals surface area contributed by atoms with E-state index in [0.717, 1.165) is 33.8 Å². The van der Waals surface area contributed by atoms with Crippen LogP contribution >= 0.6 is 0 Å². The molecule has 4 aromatic carbocycles. The zero-order chi connectivity index (χ0) is 22.5. The number of ether oxygens (including phenoxy) is 2. The lowest BCUT2D eigenvalue weighted by Gasteiger charge is -2.08. The summed E-state index contributed by atoms with van der Waals surface area (Å²) < 4.78 is 10.9. The number of hydrogen-bond acceptors (Lipinski definition) is 2. The summed E-state index contributed by atoms with van der Waals surface area (Å²) in [6, 6.07) is 25.4. The van der Waals surface area contributed by atoms with Gasteiger partial charge < -0.3 is 9.47 Å². The highest BCUT2D eigenvalue weighted by molar-refractivity contribution is 5.99. The van der Waals surface area contributed by atoms with Gasteiger partial charge in [-0.25, -0.2) is 0 Å². The fourth-order valence-corrected chi connectivity index (χ4v) is 3.89. The molecule has 32 heavy (non-hydrogen) atoms. The first kappa shape index (κ1) is 21.5. The third-order valence-electron chi connectivity index (χ3n) is 5.77. The molecule has 160 valence electrons. The van der Waals surface area contributed by atoms with Crippen molar-refractivity contribution in [3.8, 4) is 11.5 Å². The van der Waals surface area contributed by atoms with Crippen molar-refractivity contribution in [2.75, 3.05) is 14.2 Å². The van der Waals surface area contributed by atoms with Gasteiger partial charge >= 0.3 is 0 Å². The molecule has 0 aliphatic carbocycles. The molecule has 0 fully saturated rings. The maximum atomic E-state index is 5.46.